The van der Waals surface area contributed by atoms with Crippen LogP contribution in [0.25, 0.3) is 0 Å². The molecule has 2 atom stereocenters. The summed E-state index contributed by atoms with van der Waals surface area (Å²) < 4.78 is 69.0. The Balaban J connectivity index is 0.000000305. The Morgan fingerprint density at radius 3 is 1.81 bits per heavy atom. The maximum atomic E-state index is 10.6. The van der Waals surface area contributed by atoms with Crippen LogP contribution in [0.5, 0.6) is 0 Å². The average molecular weight is 476 g/mol. The summed E-state index contributed by atoms with van der Waals surface area (Å²) in [7, 11) is 0. The van der Waals surface area contributed by atoms with Crippen molar-refractivity contribution in [3.8, 4) is 0 Å². The Bertz CT molecular complexity index is 697. The van der Waals surface area contributed by atoms with Gasteiger partial charge in [-0.1, -0.05) is 13.8 Å². The van der Waals surface area contributed by atoms with E-state index in [1.807, 2.05) is 6.07 Å². The summed E-state index contributed by atoms with van der Waals surface area (Å²) in [4.78, 5) is 23.1. The van der Waals surface area contributed by atoms with E-state index in [9.17, 15) is 26.3 Å². The number of hydrogen-bond acceptors (Lipinski definition) is 5. The number of likely N-dealkylation sites (tertiary alicyclic amines) is 2. The number of alkyl halides is 6. The van der Waals surface area contributed by atoms with Gasteiger partial charge in [0.1, 0.15) is 5.76 Å². The number of fused-ring (bicyclic) bond motifs is 1. The third-order valence-electron chi connectivity index (χ3n) is 4.83. The molecule has 0 amide bonds. The van der Waals surface area contributed by atoms with E-state index in [1.165, 1.54) is 32.5 Å². The molecule has 2 saturated heterocycles. The first-order chi connectivity index (χ1) is 14.6. The van der Waals surface area contributed by atoms with Crippen LogP contribution in [-0.4, -0.2) is 76.0 Å². The van der Waals surface area contributed by atoms with Crippen molar-refractivity contribution in [1.82, 2.24) is 9.80 Å². The van der Waals surface area contributed by atoms with Gasteiger partial charge >= 0.3 is 24.3 Å². The van der Waals surface area contributed by atoms with Gasteiger partial charge in [-0.2, -0.15) is 26.3 Å². The van der Waals surface area contributed by atoms with Gasteiger partial charge in [0.2, 0.25) is 0 Å². The van der Waals surface area contributed by atoms with Gasteiger partial charge in [0.15, 0.2) is 0 Å². The molecule has 2 aliphatic heterocycles. The number of halogens is 6. The van der Waals surface area contributed by atoms with Gasteiger partial charge in [0.25, 0.3) is 0 Å². The predicted octanol–water partition coefficient (Wildman–Crippen LogP) is 3.85. The van der Waals surface area contributed by atoms with Crippen LogP contribution in [0.15, 0.2) is 22.8 Å². The number of carboxylic acid groups (broad SMARTS) is 2. The van der Waals surface area contributed by atoms with E-state index in [1.54, 1.807) is 6.26 Å². The van der Waals surface area contributed by atoms with Crippen molar-refractivity contribution in [3.63, 3.8) is 0 Å². The monoisotopic (exact) mass is 476 g/mol. The minimum absolute atomic E-state index is 0.758. The number of aliphatic carboxylic acids is 2. The second-order valence-electron chi connectivity index (χ2n) is 7.76. The molecule has 0 aromatic carbocycles. The topological polar surface area (TPSA) is 94.2 Å². The normalized spacial score (nSPS) is 21.4. The van der Waals surface area contributed by atoms with Gasteiger partial charge in [-0.15, -0.1) is 0 Å². The number of furan rings is 1. The van der Waals surface area contributed by atoms with Gasteiger partial charge in [-0.05, 0) is 30.9 Å². The third-order valence-corrected chi connectivity index (χ3v) is 4.83. The molecule has 1 aromatic rings. The van der Waals surface area contributed by atoms with Gasteiger partial charge in [0, 0.05) is 31.7 Å². The van der Waals surface area contributed by atoms with Crippen LogP contribution in [0, 0.1) is 5.92 Å². The number of carbonyl (C=O) groups is 2. The van der Waals surface area contributed by atoms with Gasteiger partial charge in [-0.3, -0.25) is 9.80 Å². The van der Waals surface area contributed by atoms with E-state index < -0.39 is 24.3 Å². The molecule has 0 bridgehead atoms. The minimum Gasteiger partial charge on any atom is -0.475 e. The predicted molar refractivity (Wildman–Crippen MR) is 99.7 cm³/mol. The fourth-order valence-corrected chi connectivity index (χ4v) is 3.66. The highest BCUT2D eigenvalue weighted by atomic mass is 19.4. The van der Waals surface area contributed by atoms with Gasteiger partial charge in [0.05, 0.1) is 12.8 Å². The van der Waals surface area contributed by atoms with Crippen LogP contribution >= 0.6 is 0 Å². The molecule has 0 unspecified atom stereocenters. The summed E-state index contributed by atoms with van der Waals surface area (Å²) >= 11 is 0. The average Bonchev–Trinajstić information content (AvgIpc) is 3.35. The van der Waals surface area contributed by atoms with Crippen LogP contribution in [-0.2, 0) is 16.1 Å². The van der Waals surface area contributed by atoms with E-state index in [0.717, 1.165) is 30.3 Å². The molecule has 7 nitrogen and oxygen atoms in total. The van der Waals surface area contributed by atoms with Gasteiger partial charge in [-0.25, -0.2) is 9.59 Å². The molecule has 2 aliphatic rings. The van der Waals surface area contributed by atoms with Crippen molar-refractivity contribution in [3.05, 3.63) is 24.2 Å². The summed E-state index contributed by atoms with van der Waals surface area (Å²) in [6, 6.07) is 5.63. The highest BCUT2D eigenvalue weighted by Gasteiger charge is 2.42. The van der Waals surface area contributed by atoms with Crippen LogP contribution in [0.2, 0.25) is 0 Å². The lowest BCUT2D eigenvalue weighted by atomic mass is 10.1. The van der Waals surface area contributed by atoms with E-state index >= 15 is 0 Å². The summed E-state index contributed by atoms with van der Waals surface area (Å²) in [5, 5.41) is 14.2. The first-order valence-corrected chi connectivity index (χ1v) is 9.73. The van der Waals surface area contributed by atoms with Crippen molar-refractivity contribution in [2.45, 2.75) is 57.7 Å². The van der Waals surface area contributed by atoms with Crippen LogP contribution in [0.4, 0.5) is 26.3 Å². The minimum atomic E-state index is -5.08. The first kappa shape index (κ1) is 27.8. The second-order valence-corrected chi connectivity index (χ2v) is 7.76. The molecule has 32 heavy (non-hydrogen) atoms. The Morgan fingerprint density at radius 1 is 1.00 bits per heavy atom. The van der Waals surface area contributed by atoms with E-state index in [4.69, 9.17) is 24.2 Å². The van der Waals surface area contributed by atoms with E-state index in [-0.39, 0.29) is 0 Å². The summed E-state index contributed by atoms with van der Waals surface area (Å²) in [5.74, 6) is -3.62. The largest absolute Gasteiger partial charge is 0.490 e. The Hall–Kier alpha value is -2.28. The molecule has 3 heterocycles. The summed E-state index contributed by atoms with van der Waals surface area (Å²) in [6.45, 7) is 9.40. The highest BCUT2D eigenvalue weighted by Crippen LogP contribution is 2.33. The molecule has 0 aliphatic carbocycles. The number of hydrogen-bond donors (Lipinski definition) is 2. The second kappa shape index (κ2) is 11.5. The fraction of sp³-hybridized carbons (Fsp3) is 0.684. The lowest BCUT2D eigenvalue weighted by molar-refractivity contribution is -0.193. The number of nitrogens with zero attached hydrogens (tertiary/aromatic N) is 2. The zero-order valence-corrected chi connectivity index (χ0v) is 17.5. The SMILES string of the molecule is CC(C)CN1CC[C@@H]2[C@@H]1CCN2Cc1ccco1.O=C(O)C(F)(F)F.O=C(O)C(F)(F)F. The molecule has 1 aromatic heterocycles. The molecule has 2 N–H and O–H groups in total. The van der Waals surface area contributed by atoms with Gasteiger partial charge < -0.3 is 14.6 Å². The van der Waals surface area contributed by atoms with Crippen LogP contribution < -0.4 is 0 Å². The zero-order chi connectivity index (χ0) is 24.7. The summed E-state index contributed by atoms with van der Waals surface area (Å²) in [6.07, 6.45) is -5.72. The van der Waals surface area contributed by atoms with E-state index in [2.05, 4.69) is 29.7 Å². The van der Waals surface area contributed by atoms with Crippen molar-refractivity contribution >= 4 is 11.9 Å². The molecule has 3 rings (SSSR count). The first-order valence-electron chi connectivity index (χ1n) is 9.73. The molecule has 13 heteroatoms. The Kier molecular flexibility index (Phi) is 10.0. The quantitative estimate of drug-likeness (QED) is 0.638. The molecule has 0 saturated carbocycles. The zero-order valence-electron chi connectivity index (χ0n) is 17.5. The van der Waals surface area contributed by atoms with Crippen molar-refractivity contribution < 1.29 is 50.6 Å². The highest BCUT2D eigenvalue weighted by molar-refractivity contribution is 5.73. The van der Waals surface area contributed by atoms with Crippen molar-refractivity contribution in [2.24, 2.45) is 5.92 Å². The fourth-order valence-electron chi connectivity index (χ4n) is 3.66. The maximum Gasteiger partial charge on any atom is 0.490 e. The Morgan fingerprint density at radius 2 is 1.44 bits per heavy atom. The molecular weight excluding hydrogens is 450 g/mol. The molecule has 2 fully saturated rings. The van der Waals surface area contributed by atoms with E-state index in [0.29, 0.717) is 0 Å². The van der Waals surface area contributed by atoms with Crippen LogP contribution in [0.1, 0.15) is 32.4 Å². The lowest BCUT2D eigenvalue weighted by Crippen LogP contribution is -2.37. The third kappa shape index (κ3) is 9.07. The molecule has 0 spiro atoms. The molecule has 184 valence electrons. The number of rotatable bonds is 4. The maximum absolute atomic E-state index is 10.6. The van der Waals surface area contributed by atoms with Crippen molar-refractivity contribution in [1.29, 1.82) is 0 Å². The smallest absolute Gasteiger partial charge is 0.475 e. The number of carboxylic acids is 2. The van der Waals surface area contributed by atoms with Crippen LogP contribution in [0.3, 0.4) is 0 Å². The Labute approximate surface area is 180 Å². The standard InChI is InChI=1S/C15H24N2O.2C2HF3O2/c1-12(2)10-16-7-5-15-14(16)6-8-17(15)11-13-4-3-9-18-13;2*3-2(4,5)1(6)7/h3-4,9,12,14-15H,5-8,10-11H2,1-2H3;2*(H,6,7)/t14-,15+;;/m0../s1. The summed E-state index contributed by atoms with van der Waals surface area (Å²) in [5.41, 5.74) is 0. The van der Waals surface area contributed by atoms with Crippen molar-refractivity contribution in [2.75, 3.05) is 19.6 Å². The molecular formula is C19H26F6N2O5. The lowest BCUT2D eigenvalue weighted by Gasteiger charge is -2.26. The molecule has 0 radical (unpaired) electrons.